The van der Waals surface area contributed by atoms with Crippen LogP contribution in [-0.2, 0) is 0 Å². The van der Waals surface area contributed by atoms with Crippen LogP contribution in [0.4, 0.5) is 25.0 Å². The molecule has 0 unspecified atom stereocenters. The molecule has 0 bridgehead atoms. The first-order chi connectivity index (χ1) is 15.0. The maximum absolute atomic E-state index is 14.1. The number of nitrogens with zero attached hydrogens (tertiary/aromatic N) is 3. The van der Waals surface area contributed by atoms with Gasteiger partial charge in [-0.1, -0.05) is 6.07 Å². The number of nitrogens with one attached hydrogen (secondary N) is 2. The van der Waals surface area contributed by atoms with Gasteiger partial charge in [-0.3, -0.25) is 4.98 Å². The first-order valence-electron chi connectivity index (χ1n) is 8.97. The van der Waals surface area contributed by atoms with Crippen molar-refractivity contribution in [3.05, 3.63) is 84.2 Å². The molecule has 4 aromatic rings. The summed E-state index contributed by atoms with van der Waals surface area (Å²) in [5.74, 6) is -0.658. The third-order valence-corrected chi connectivity index (χ3v) is 4.08. The highest BCUT2D eigenvalue weighted by Gasteiger charge is 2.09. The molecule has 0 saturated carbocycles. The summed E-state index contributed by atoms with van der Waals surface area (Å²) < 4.78 is 33.0. The second-order valence-electron chi connectivity index (χ2n) is 6.38. The molecule has 3 aromatic carbocycles. The number of nitriles is 1. The molecule has 2 N–H and O–H groups in total. The van der Waals surface area contributed by atoms with Crippen LogP contribution < -0.4 is 15.4 Å². The Kier molecular flexibility index (Phi) is 5.36. The van der Waals surface area contributed by atoms with Gasteiger partial charge in [0.05, 0.1) is 17.2 Å². The number of hydrogen-bond acceptors (Lipinski definition) is 5. The standard InChI is InChI=1S/C22H13F2N5O2/c23-13-2-1-3-15(6-13)28-22(30)29-16-7-14(24)8-19(9-16)31-18-4-5-20-21(10-18)27-17(11-25)12-26-20/h1-10,12H,(H2,28,29,30). The van der Waals surface area contributed by atoms with Gasteiger partial charge in [0.25, 0.3) is 0 Å². The molecule has 7 nitrogen and oxygen atoms in total. The van der Waals surface area contributed by atoms with E-state index >= 15 is 0 Å². The number of halogens is 2. The second kappa shape index (κ2) is 8.42. The molecular formula is C22H13F2N5O2. The first kappa shape index (κ1) is 19.7. The lowest BCUT2D eigenvalue weighted by Gasteiger charge is -2.11. The van der Waals surface area contributed by atoms with Gasteiger partial charge in [-0.05, 0) is 36.4 Å². The van der Waals surface area contributed by atoms with Crippen molar-refractivity contribution in [2.45, 2.75) is 0 Å². The quantitative estimate of drug-likeness (QED) is 0.474. The minimum absolute atomic E-state index is 0.129. The molecule has 0 radical (unpaired) electrons. The summed E-state index contributed by atoms with van der Waals surface area (Å²) >= 11 is 0. The minimum atomic E-state index is -0.674. The van der Waals surface area contributed by atoms with Gasteiger partial charge in [-0.15, -0.1) is 0 Å². The minimum Gasteiger partial charge on any atom is -0.457 e. The van der Waals surface area contributed by atoms with Gasteiger partial charge in [-0.25, -0.2) is 18.6 Å². The molecule has 31 heavy (non-hydrogen) atoms. The second-order valence-corrected chi connectivity index (χ2v) is 6.38. The number of urea groups is 1. The van der Waals surface area contributed by atoms with Crippen LogP contribution in [0.3, 0.4) is 0 Å². The number of fused-ring (bicyclic) bond motifs is 1. The van der Waals surface area contributed by atoms with E-state index in [9.17, 15) is 13.6 Å². The number of anilines is 2. The number of rotatable bonds is 4. The predicted molar refractivity (Wildman–Crippen MR) is 110 cm³/mol. The molecule has 0 aliphatic carbocycles. The van der Waals surface area contributed by atoms with Gasteiger partial charge in [0, 0.05) is 29.6 Å². The summed E-state index contributed by atoms with van der Waals surface area (Å²) in [6.45, 7) is 0. The van der Waals surface area contributed by atoms with Crippen LogP contribution in [0.25, 0.3) is 11.0 Å². The number of carbonyl (C=O) groups excluding carboxylic acids is 1. The van der Waals surface area contributed by atoms with Crippen LogP contribution in [0.5, 0.6) is 11.5 Å². The Morgan fingerprint density at radius 2 is 1.71 bits per heavy atom. The van der Waals surface area contributed by atoms with Crippen molar-refractivity contribution >= 4 is 28.4 Å². The van der Waals surface area contributed by atoms with Crippen LogP contribution >= 0.6 is 0 Å². The highest BCUT2D eigenvalue weighted by molar-refractivity contribution is 5.99. The lowest BCUT2D eigenvalue weighted by Crippen LogP contribution is -2.19. The van der Waals surface area contributed by atoms with Gasteiger partial charge < -0.3 is 15.4 Å². The van der Waals surface area contributed by atoms with Crippen molar-refractivity contribution in [1.29, 1.82) is 5.26 Å². The number of aromatic nitrogens is 2. The molecule has 0 spiro atoms. The Hall–Kier alpha value is -4.58. The highest BCUT2D eigenvalue weighted by Crippen LogP contribution is 2.27. The van der Waals surface area contributed by atoms with Gasteiger partial charge in [0.15, 0.2) is 5.69 Å². The fourth-order valence-corrected chi connectivity index (χ4v) is 2.80. The zero-order valence-corrected chi connectivity index (χ0v) is 15.8. The normalized spacial score (nSPS) is 10.4. The van der Waals surface area contributed by atoms with E-state index in [1.54, 1.807) is 18.2 Å². The molecule has 0 fully saturated rings. The maximum atomic E-state index is 14.1. The molecule has 4 rings (SSSR count). The lowest BCUT2D eigenvalue weighted by atomic mass is 10.2. The number of carbonyl (C=O) groups is 1. The van der Waals surface area contributed by atoms with E-state index in [0.29, 0.717) is 16.8 Å². The van der Waals surface area contributed by atoms with Gasteiger partial charge in [0.2, 0.25) is 0 Å². The van der Waals surface area contributed by atoms with Crippen molar-refractivity contribution in [3.63, 3.8) is 0 Å². The lowest BCUT2D eigenvalue weighted by molar-refractivity contribution is 0.262. The van der Waals surface area contributed by atoms with E-state index in [1.807, 2.05) is 6.07 Å². The van der Waals surface area contributed by atoms with Crippen molar-refractivity contribution in [1.82, 2.24) is 9.97 Å². The van der Waals surface area contributed by atoms with Crippen LogP contribution in [0.1, 0.15) is 5.69 Å². The van der Waals surface area contributed by atoms with Crippen LogP contribution in [0.15, 0.2) is 66.9 Å². The van der Waals surface area contributed by atoms with Gasteiger partial charge in [-0.2, -0.15) is 5.26 Å². The fraction of sp³-hybridized carbons (Fsp3) is 0. The summed E-state index contributed by atoms with van der Waals surface area (Å²) in [5.41, 5.74) is 1.56. The Bertz CT molecular complexity index is 1340. The van der Waals surface area contributed by atoms with E-state index in [4.69, 9.17) is 10.00 Å². The summed E-state index contributed by atoms with van der Waals surface area (Å²) in [5, 5.41) is 13.9. The van der Waals surface area contributed by atoms with Crippen LogP contribution in [0, 0.1) is 23.0 Å². The van der Waals surface area contributed by atoms with Crippen LogP contribution in [-0.4, -0.2) is 16.0 Å². The molecule has 2 amide bonds. The molecular weight excluding hydrogens is 404 g/mol. The smallest absolute Gasteiger partial charge is 0.323 e. The predicted octanol–water partition coefficient (Wildman–Crippen LogP) is 5.22. The molecule has 0 aliphatic rings. The zero-order chi connectivity index (χ0) is 21.8. The van der Waals surface area contributed by atoms with E-state index in [0.717, 1.165) is 18.2 Å². The summed E-state index contributed by atoms with van der Waals surface area (Å²) in [4.78, 5) is 20.4. The SMILES string of the molecule is N#Cc1cnc2ccc(Oc3cc(F)cc(NC(=O)Nc4cccc(F)c4)c3)cc2n1. The van der Waals surface area contributed by atoms with E-state index in [-0.39, 0.29) is 22.8 Å². The zero-order valence-electron chi connectivity index (χ0n) is 15.8. The molecule has 1 heterocycles. The van der Waals surface area contributed by atoms with E-state index in [1.165, 1.54) is 30.5 Å². The Morgan fingerprint density at radius 3 is 2.52 bits per heavy atom. The van der Waals surface area contributed by atoms with Crippen molar-refractivity contribution in [2.24, 2.45) is 0 Å². The van der Waals surface area contributed by atoms with Crippen LogP contribution in [0.2, 0.25) is 0 Å². The summed E-state index contributed by atoms with van der Waals surface area (Å²) in [6, 6.07) is 15.1. The Labute approximate surface area is 174 Å². The number of amides is 2. The van der Waals surface area contributed by atoms with Gasteiger partial charge in [0.1, 0.15) is 29.2 Å². The number of benzene rings is 3. The number of ether oxygens (including phenoxy) is 1. The Morgan fingerprint density at radius 1 is 0.903 bits per heavy atom. The topological polar surface area (TPSA) is 99.9 Å². The van der Waals surface area contributed by atoms with Crippen molar-refractivity contribution in [2.75, 3.05) is 10.6 Å². The average Bonchev–Trinajstić information content (AvgIpc) is 2.72. The molecule has 1 aromatic heterocycles. The summed E-state index contributed by atoms with van der Waals surface area (Å²) in [6.07, 6.45) is 1.36. The summed E-state index contributed by atoms with van der Waals surface area (Å²) in [7, 11) is 0. The molecule has 152 valence electrons. The Balaban J connectivity index is 1.52. The average molecular weight is 417 g/mol. The first-order valence-corrected chi connectivity index (χ1v) is 8.97. The maximum Gasteiger partial charge on any atom is 0.323 e. The number of hydrogen-bond donors (Lipinski definition) is 2. The van der Waals surface area contributed by atoms with Crippen molar-refractivity contribution in [3.8, 4) is 17.6 Å². The highest BCUT2D eigenvalue weighted by atomic mass is 19.1. The third kappa shape index (κ3) is 4.89. The van der Waals surface area contributed by atoms with E-state index < -0.39 is 17.7 Å². The monoisotopic (exact) mass is 417 g/mol. The van der Waals surface area contributed by atoms with E-state index in [2.05, 4.69) is 20.6 Å². The third-order valence-electron chi connectivity index (χ3n) is 4.08. The largest absolute Gasteiger partial charge is 0.457 e. The fourth-order valence-electron chi connectivity index (χ4n) is 2.80. The molecule has 0 aliphatic heterocycles. The molecule has 0 atom stereocenters. The molecule has 9 heteroatoms. The van der Waals surface area contributed by atoms with Gasteiger partial charge >= 0.3 is 6.03 Å². The molecule has 0 saturated heterocycles. The van der Waals surface area contributed by atoms with Crippen molar-refractivity contribution < 1.29 is 18.3 Å².